The van der Waals surface area contributed by atoms with Crippen LogP contribution in [0.15, 0.2) is 38.9 Å². The quantitative estimate of drug-likeness (QED) is 0.676. The lowest BCUT2D eigenvalue weighted by Gasteiger charge is -2.16. The van der Waals surface area contributed by atoms with Crippen molar-refractivity contribution in [3.05, 3.63) is 56.8 Å². The Kier molecular flexibility index (Phi) is 4.23. The second-order valence-electron chi connectivity index (χ2n) is 6.68. The van der Waals surface area contributed by atoms with Gasteiger partial charge in [0, 0.05) is 26.2 Å². The van der Waals surface area contributed by atoms with Crippen molar-refractivity contribution in [1.29, 1.82) is 0 Å². The van der Waals surface area contributed by atoms with Gasteiger partial charge < -0.3 is 9.55 Å². The standard InChI is InChI=1S/C17H19N5O4S/c1-21(9-11-10-22-7-3-2-4-15(22)18-11)27(25,26)12-5-6-14-13(8-12)16(23)20-17(24)19-14/h5-6,8,10H,2-4,7,9H2,1H3,(H2,19,20,23,24). The fourth-order valence-electron chi connectivity index (χ4n) is 3.35. The molecular weight excluding hydrogens is 370 g/mol. The maximum atomic E-state index is 12.9. The second-order valence-corrected chi connectivity index (χ2v) is 8.72. The lowest BCUT2D eigenvalue weighted by Crippen LogP contribution is -2.27. The van der Waals surface area contributed by atoms with E-state index in [-0.39, 0.29) is 22.3 Å². The van der Waals surface area contributed by atoms with Crippen molar-refractivity contribution in [1.82, 2.24) is 23.8 Å². The minimum absolute atomic E-state index is 0.0148. The molecule has 0 radical (unpaired) electrons. The SMILES string of the molecule is CN(Cc1cn2c(n1)CCCC2)S(=O)(=O)c1ccc2[nH]c(=O)[nH]c(=O)c2c1. The Morgan fingerprint density at radius 3 is 2.81 bits per heavy atom. The van der Waals surface area contributed by atoms with Gasteiger partial charge in [0.1, 0.15) is 5.82 Å². The van der Waals surface area contributed by atoms with Crippen molar-refractivity contribution >= 4 is 20.9 Å². The number of nitrogens with one attached hydrogen (secondary N) is 2. The highest BCUT2D eigenvalue weighted by Crippen LogP contribution is 2.20. The van der Waals surface area contributed by atoms with E-state index in [4.69, 9.17) is 0 Å². The molecule has 1 aliphatic heterocycles. The molecule has 2 N–H and O–H groups in total. The average Bonchev–Trinajstić information content (AvgIpc) is 3.03. The Balaban J connectivity index is 1.66. The maximum absolute atomic E-state index is 12.9. The summed E-state index contributed by atoms with van der Waals surface area (Å²) in [6, 6.07) is 4.07. The van der Waals surface area contributed by atoms with Crippen LogP contribution in [-0.2, 0) is 29.5 Å². The summed E-state index contributed by atoms with van der Waals surface area (Å²) < 4.78 is 29.1. The monoisotopic (exact) mass is 389 g/mol. The molecule has 0 saturated carbocycles. The summed E-state index contributed by atoms with van der Waals surface area (Å²) >= 11 is 0. The molecule has 2 aromatic heterocycles. The molecule has 0 fully saturated rings. The van der Waals surface area contributed by atoms with Gasteiger partial charge in [0.25, 0.3) is 5.56 Å². The molecule has 0 unspecified atom stereocenters. The molecule has 27 heavy (non-hydrogen) atoms. The van der Waals surface area contributed by atoms with Gasteiger partial charge in [-0.1, -0.05) is 0 Å². The summed E-state index contributed by atoms with van der Waals surface area (Å²) in [5.41, 5.74) is -0.285. The number of H-pyrrole nitrogens is 2. The van der Waals surface area contributed by atoms with Crippen LogP contribution >= 0.6 is 0 Å². The fourth-order valence-corrected chi connectivity index (χ4v) is 4.51. The van der Waals surface area contributed by atoms with Crippen molar-refractivity contribution < 1.29 is 8.42 Å². The van der Waals surface area contributed by atoms with Gasteiger partial charge in [-0.3, -0.25) is 9.78 Å². The number of aryl methyl sites for hydroxylation is 2. The normalized spacial score (nSPS) is 14.6. The van der Waals surface area contributed by atoms with Gasteiger partial charge in [0.15, 0.2) is 0 Å². The van der Waals surface area contributed by atoms with Crippen LogP contribution in [0.5, 0.6) is 0 Å². The number of aromatic nitrogens is 4. The van der Waals surface area contributed by atoms with Crippen LogP contribution in [0.2, 0.25) is 0 Å². The number of fused-ring (bicyclic) bond motifs is 2. The van der Waals surface area contributed by atoms with Crippen molar-refractivity contribution in [3.63, 3.8) is 0 Å². The Morgan fingerprint density at radius 2 is 2.04 bits per heavy atom. The summed E-state index contributed by atoms with van der Waals surface area (Å²) in [5, 5.41) is 0.113. The minimum Gasteiger partial charge on any atom is -0.335 e. The Morgan fingerprint density at radius 1 is 1.22 bits per heavy atom. The van der Waals surface area contributed by atoms with E-state index in [2.05, 4.69) is 19.5 Å². The predicted molar refractivity (Wildman–Crippen MR) is 99.0 cm³/mol. The van der Waals surface area contributed by atoms with Gasteiger partial charge in [-0.2, -0.15) is 4.31 Å². The first-order chi connectivity index (χ1) is 12.8. The van der Waals surface area contributed by atoms with Gasteiger partial charge in [-0.15, -0.1) is 0 Å². The molecule has 3 aromatic rings. The molecule has 0 saturated heterocycles. The Bertz CT molecular complexity index is 1210. The minimum atomic E-state index is -3.82. The van der Waals surface area contributed by atoms with Crippen molar-refractivity contribution in [3.8, 4) is 0 Å². The molecule has 3 heterocycles. The lowest BCUT2D eigenvalue weighted by atomic mass is 10.2. The van der Waals surface area contributed by atoms with Gasteiger partial charge in [-0.05, 0) is 31.0 Å². The highest BCUT2D eigenvalue weighted by Gasteiger charge is 2.23. The molecule has 0 spiro atoms. The molecule has 4 rings (SSSR count). The molecule has 0 bridgehead atoms. The molecule has 0 aliphatic carbocycles. The van der Waals surface area contributed by atoms with Crippen LogP contribution in [0.3, 0.4) is 0 Å². The number of imidazole rings is 1. The van der Waals surface area contributed by atoms with Crippen LogP contribution in [0, 0.1) is 0 Å². The number of sulfonamides is 1. The van der Waals surface area contributed by atoms with E-state index >= 15 is 0 Å². The summed E-state index contributed by atoms with van der Waals surface area (Å²) in [7, 11) is -2.34. The Labute approximate surface area is 154 Å². The molecule has 0 amide bonds. The first-order valence-electron chi connectivity index (χ1n) is 8.62. The van der Waals surface area contributed by atoms with Gasteiger partial charge in [0.2, 0.25) is 10.0 Å². The molecule has 142 valence electrons. The van der Waals surface area contributed by atoms with E-state index < -0.39 is 21.3 Å². The highest BCUT2D eigenvalue weighted by molar-refractivity contribution is 7.89. The first-order valence-corrected chi connectivity index (χ1v) is 10.1. The molecule has 9 nitrogen and oxygen atoms in total. The van der Waals surface area contributed by atoms with E-state index in [0.717, 1.165) is 31.6 Å². The topological polar surface area (TPSA) is 121 Å². The van der Waals surface area contributed by atoms with E-state index in [1.807, 2.05) is 6.20 Å². The Hall–Kier alpha value is -2.72. The van der Waals surface area contributed by atoms with E-state index in [9.17, 15) is 18.0 Å². The van der Waals surface area contributed by atoms with Crippen LogP contribution in [0.25, 0.3) is 10.9 Å². The van der Waals surface area contributed by atoms with Gasteiger partial charge in [-0.25, -0.2) is 18.2 Å². The molecular formula is C17H19N5O4S. The zero-order chi connectivity index (χ0) is 19.2. The summed E-state index contributed by atoms with van der Waals surface area (Å²) in [4.78, 5) is 32.4. The third kappa shape index (κ3) is 3.21. The number of benzene rings is 1. The number of hydrogen-bond acceptors (Lipinski definition) is 5. The number of aromatic amines is 2. The average molecular weight is 389 g/mol. The highest BCUT2D eigenvalue weighted by atomic mass is 32.2. The van der Waals surface area contributed by atoms with Crippen LogP contribution in [0.1, 0.15) is 24.4 Å². The summed E-state index contributed by atoms with van der Waals surface area (Å²) in [6.07, 6.45) is 5.00. The molecule has 0 atom stereocenters. The third-order valence-electron chi connectivity index (χ3n) is 4.76. The smallest absolute Gasteiger partial charge is 0.326 e. The van der Waals surface area contributed by atoms with Crippen molar-refractivity contribution in [2.45, 2.75) is 37.2 Å². The van der Waals surface area contributed by atoms with Crippen molar-refractivity contribution in [2.24, 2.45) is 0 Å². The molecule has 1 aliphatic rings. The van der Waals surface area contributed by atoms with Crippen LogP contribution < -0.4 is 11.2 Å². The zero-order valence-corrected chi connectivity index (χ0v) is 15.5. The van der Waals surface area contributed by atoms with Crippen LogP contribution in [-0.4, -0.2) is 39.3 Å². The van der Waals surface area contributed by atoms with Crippen molar-refractivity contribution in [2.75, 3.05) is 7.05 Å². The van der Waals surface area contributed by atoms with Gasteiger partial charge >= 0.3 is 5.69 Å². The predicted octanol–water partition coefficient (Wildman–Crippen LogP) is 0.570. The maximum Gasteiger partial charge on any atom is 0.326 e. The molecule has 1 aromatic carbocycles. The number of nitrogens with zero attached hydrogens (tertiary/aromatic N) is 3. The third-order valence-corrected chi connectivity index (χ3v) is 6.56. The fraction of sp³-hybridized carbons (Fsp3) is 0.353. The van der Waals surface area contributed by atoms with E-state index in [0.29, 0.717) is 5.69 Å². The second kappa shape index (κ2) is 6.46. The van der Waals surface area contributed by atoms with E-state index in [1.165, 1.54) is 29.6 Å². The number of hydrogen-bond donors (Lipinski definition) is 2. The summed E-state index contributed by atoms with van der Waals surface area (Å²) in [6.45, 7) is 1.05. The largest absolute Gasteiger partial charge is 0.335 e. The zero-order valence-electron chi connectivity index (χ0n) is 14.7. The lowest BCUT2D eigenvalue weighted by molar-refractivity contribution is 0.462. The first kappa shape index (κ1) is 17.7. The summed E-state index contributed by atoms with van der Waals surface area (Å²) in [5.74, 6) is 0.989. The number of rotatable bonds is 4. The van der Waals surface area contributed by atoms with Gasteiger partial charge in [0.05, 0.1) is 28.0 Å². The molecule has 10 heteroatoms. The van der Waals surface area contributed by atoms with E-state index in [1.54, 1.807) is 0 Å². The van der Waals surface area contributed by atoms with Crippen LogP contribution in [0.4, 0.5) is 0 Å².